The standard InChI is InChI=1S/C12H25N.C11H23N.2C10H21N.4CH4/c1-5-6-11-7-9-13(10-8-11)12(2,3)4;1-9-6-10(2)8-12(7-9)11(3,4)5;1-9-5-7-11(8-6-9)10(2,3)4;1-9-6-5-7-11(8-9)10(2,3)4;;;;/h11H,5-10H2,1-4H3;9-10H,6-8H2,1-5H3;2*9H,5-8H2,1-4H3;4*1H4. The zero-order valence-corrected chi connectivity index (χ0v) is 35.7. The summed E-state index contributed by atoms with van der Waals surface area (Å²) in [4.78, 5) is 10.4. The predicted octanol–water partition coefficient (Wildman–Crippen LogP) is 13.6. The van der Waals surface area contributed by atoms with E-state index in [0.29, 0.717) is 22.2 Å². The van der Waals surface area contributed by atoms with Gasteiger partial charge in [0.2, 0.25) is 0 Å². The SMILES string of the molecule is C.C.C.C.CC1CC(C)CN(C(C)(C)C)C1.CC1CCCN(C(C)(C)C)C1.CC1CCN(C(C)(C)C)CC1.CCCC1CCN(C(C)(C)C)CC1. The molecule has 0 aromatic heterocycles. The molecule has 3 unspecified atom stereocenters. The molecule has 0 aromatic carbocycles. The van der Waals surface area contributed by atoms with Crippen molar-refractivity contribution in [2.45, 2.75) is 227 Å². The van der Waals surface area contributed by atoms with Crippen LogP contribution >= 0.6 is 0 Å². The molecule has 4 saturated heterocycles. The van der Waals surface area contributed by atoms with Gasteiger partial charge < -0.3 is 0 Å². The lowest BCUT2D eigenvalue weighted by molar-refractivity contribution is 0.0570. The summed E-state index contributed by atoms with van der Waals surface area (Å²) in [6.45, 7) is 49.9. The summed E-state index contributed by atoms with van der Waals surface area (Å²) in [6, 6.07) is 0. The van der Waals surface area contributed by atoms with Crippen molar-refractivity contribution < 1.29 is 0 Å². The Hall–Kier alpha value is -0.160. The second-order valence-electron chi connectivity index (χ2n) is 20.6. The van der Waals surface area contributed by atoms with E-state index < -0.39 is 0 Å². The van der Waals surface area contributed by atoms with Gasteiger partial charge in [-0.05, 0) is 190 Å². The van der Waals surface area contributed by atoms with Crippen molar-refractivity contribution in [3.05, 3.63) is 0 Å². The lowest BCUT2D eigenvalue weighted by atomic mass is 9.88. The fourth-order valence-electron chi connectivity index (χ4n) is 7.99. The summed E-state index contributed by atoms with van der Waals surface area (Å²) in [5.41, 5.74) is 1.52. The van der Waals surface area contributed by atoms with E-state index >= 15 is 0 Å². The Bertz CT molecular complexity index is 784. The van der Waals surface area contributed by atoms with Gasteiger partial charge in [-0.3, -0.25) is 19.6 Å². The van der Waals surface area contributed by atoms with Gasteiger partial charge >= 0.3 is 0 Å². The van der Waals surface area contributed by atoms with Crippen LogP contribution in [0.2, 0.25) is 0 Å². The molecular weight excluding hydrogens is 621 g/mol. The minimum absolute atomic E-state index is 0. The van der Waals surface area contributed by atoms with Crippen LogP contribution in [0.3, 0.4) is 0 Å². The maximum atomic E-state index is 2.62. The molecule has 0 aliphatic carbocycles. The summed E-state index contributed by atoms with van der Waals surface area (Å²) >= 11 is 0. The van der Waals surface area contributed by atoms with Crippen LogP contribution in [0.25, 0.3) is 0 Å². The molecule has 0 N–H and O–H groups in total. The van der Waals surface area contributed by atoms with Crippen molar-refractivity contribution in [3.8, 4) is 0 Å². The van der Waals surface area contributed by atoms with Crippen LogP contribution in [0, 0.1) is 29.6 Å². The van der Waals surface area contributed by atoms with E-state index in [9.17, 15) is 0 Å². The molecule has 4 aliphatic heterocycles. The zero-order valence-electron chi connectivity index (χ0n) is 35.7. The Morgan fingerprint density at radius 3 is 1.08 bits per heavy atom. The van der Waals surface area contributed by atoms with Gasteiger partial charge in [-0.2, -0.15) is 0 Å². The van der Waals surface area contributed by atoms with E-state index in [4.69, 9.17) is 0 Å². The molecule has 0 bridgehead atoms. The Morgan fingerprint density at radius 2 is 0.765 bits per heavy atom. The summed E-state index contributed by atoms with van der Waals surface area (Å²) in [5, 5.41) is 0. The van der Waals surface area contributed by atoms with Crippen molar-refractivity contribution >= 4 is 0 Å². The van der Waals surface area contributed by atoms with Gasteiger partial charge in [0.05, 0.1) is 0 Å². The molecule has 3 atom stereocenters. The normalized spacial score (nSPS) is 25.0. The average molecular weight is 727 g/mol. The molecule has 0 radical (unpaired) electrons. The van der Waals surface area contributed by atoms with Crippen molar-refractivity contribution in [2.24, 2.45) is 29.6 Å². The first-order valence-electron chi connectivity index (χ1n) is 20.4. The highest BCUT2D eigenvalue weighted by Crippen LogP contribution is 2.28. The lowest BCUT2D eigenvalue weighted by Crippen LogP contribution is -2.49. The van der Waals surface area contributed by atoms with Gasteiger partial charge in [0.15, 0.2) is 0 Å². The minimum Gasteiger partial charge on any atom is -0.298 e. The van der Waals surface area contributed by atoms with Crippen LogP contribution in [0.1, 0.15) is 205 Å². The molecular formula is C47H106N4. The third kappa shape index (κ3) is 24.1. The summed E-state index contributed by atoms with van der Waals surface area (Å²) in [7, 11) is 0. The van der Waals surface area contributed by atoms with Gasteiger partial charge in [-0.1, -0.05) is 77.2 Å². The first-order chi connectivity index (χ1) is 21.4. The average Bonchev–Trinajstić information content (AvgIpc) is 2.92. The van der Waals surface area contributed by atoms with Crippen molar-refractivity contribution in [2.75, 3.05) is 52.4 Å². The van der Waals surface area contributed by atoms with Crippen LogP contribution in [0.15, 0.2) is 0 Å². The largest absolute Gasteiger partial charge is 0.298 e. The fourth-order valence-corrected chi connectivity index (χ4v) is 7.99. The number of hydrogen-bond acceptors (Lipinski definition) is 4. The summed E-state index contributed by atoms with van der Waals surface area (Å²) in [6.07, 6.45) is 12.6. The number of piperidine rings is 4. The van der Waals surface area contributed by atoms with Crippen LogP contribution in [0.5, 0.6) is 0 Å². The first-order valence-corrected chi connectivity index (χ1v) is 20.4. The van der Waals surface area contributed by atoms with Crippen LogP contribution in [0.4, 0.5) is 0 Å². The lowest BCUT2D eigenvalue weighted by Gasteiger charge is -2.43. The van der Waals surface area contributed by atoms with Gasteiger partial charge in [-0.25, -0.2) is 0 Å². The predicted molar refractivity (Wildman–Crippen MR) is 240 cm³/mol. The van der Waals surface area contributed by atoms with E-state index in [1.165, 1.54) is 110 Å². The summed E-state index contributed by atoms with van der Waals surface area (Å²) < 4.78 is 0. The molecule has 0 saturated carbocycles. The summed E-state index contributed by atoms with van der Waals surface area (Å²) in [5.74, 6) is 4.64. The van der Waals surface area contributed by atoms with Crippen LogP contribution < -0.4 is 0 Å². The zero-order chi connectivity index (χ0) is 36.2. The smallest absolute Gasteiger partial charge is 0.0125 e. The molecule has 51 heavy (non-hydrogen) atoms. The third-order valence-corrected chi connectivity index (χ3v) is 11.4. The molecule has 4 heterocycles. The molecule has 4 nitrogen and oxygen atoms in total. The van der Waals surface area contributed by atoms with E-state index in [0.717, 1.165) is 29.6 Å². The Labute approximate surface area is 328 Å². The van der Waals surface area contributed by atoms with E-state index in [1.807, 2.05) is 0 Å². The monoisotopic (exact) mass is 727 g/mol. The molecule has 0 spiro atoms. The molecule has 4 fully saturated rings. The van der Waals surface area contributed by atoms with Gasteiger partial charge in [0, 0.05) is 41.8 Å². The van der Waals surface area contributed by atoms with Gasteiger partial charge in [-0.15, -0.1) is 0 Å². The van der Waals surface area contributed by atoms with Crippen molar-refractivity contribution in [1.29, 1.82) is 0 Å². The molecule has 314 valence electrons. The highest BCUT2D eigenvalue weighted by Gasteiger charge is 2.30. The Kier molecular flexibility index (Phi) is 29.2. The van der Waals surface area contributed by atoms with E-state index in [2.05, 4.69) is 137 Å². The van der Waals surface area contributed by atoms with E-state index in [1.54, 1.807) is 0 Å². The molecule has 4 rings (SSSR count). The third-order valence-electron chi connectivity index (χ3n) is 11.4. The van der Waals surface area contributed by atoms with Crippen molar-refractivity contribution in [1.82, 2.24) is 19.6 Å². The van der Waals surface area contributed by atoms with E-state index in [-0.39, 0.29) is 29.7 Å². The quantitative estimate of drug-likeness (QED) is 0.281. The van der Waals surface area contributed by atoms with Gasteiger partial charge in [0.25, 0.3) is 0 Å². The Balaban J connectivity index is -0.000000282. The second kappa shape index (κ2) is 25.8. The van der Waals surface area contributed by atoms with Crippen molar-refractivity contribution in [3.63, 3.8) is 0 Å². The highest BCUT2D eigenvalue weighted by molar-refractivity contribution is 4.85. The minimum atomic E-state index is 0. The number of hydrogen-bond donors (Lipinski definition) is 0. The van der Waals surface area contributed by atoms with Crippen LogP contribution in [-0.4, -0.2) is 94.1 Å². The topological polar surface area (TPSA) is 13.0 Å². The highest BCUT2D eigenvalue weighted by atomic mass is 15.2. The fraction of sp³-hybridized carbons (Fsp3) is 1.00. The number of likely N-dealkylation sites (tertiary alicyclic amines) is 4. The number of nitrogens with zero attached hydrogens (tertiary/aromatic N) is 4. The van der Waals surface area contributed by atoms with Crippen LogP contribution in [-0.2, 0) is 0 Å². The van der Waals surface area contributed by atoms with Gasteiger partial charge in [0.1, 0.15) is 0 Å². The second-order valence-corrected chi connectivity index (χ2v) is 20.6. The molecule has 0 aromatic rings. The molecule has 4 heteroatoms. The molecule has 0 amide bonds. The Morgan fingerprint density at radius 1 is 0.412 bits per heavy atom. The molecule has 4 aliphatic rings. The first kappa shape index (κ1) is 57.6. The maximum Gasteiger partial charge on any atom is 0.0125 e. The maximum absolute atomic E-state index is 2.62. The number of rotatable bonds is 2.